The van der Waals surface area contributed by atoms with Gasteiger partial charge in [-0.3, -0.25) is 4.79 Å². The van der Waals surface area contributed by atoms with E-state index >= 15 is 0 Å². The van der Waals surface area contributed by atoms with Crippen LogP contribution < -0.4 is 5.32 Å². The molecule has 16 heavy (non-hydrogen) atoms. The topological polar surface area (TPSA) is 54.9 Å². The number of benzene rings is 1. The summed E-state index contributed by atoms with van der Waals surface area (Å²) in [6, 6.07) is 7.61. The predicted octanol–water partition coefficient (Wildman–Crippen LogP) is 2.69. The highest BCUT2D eigenvalue weighted by atomic mass is 79.9. The maximum atomic E-state index is 11.6. The molecule has 0 unspecified atom stereocenters. The third kappa shape index (κ3) is 2.65. The first-order valence-corrected chi connectivity index (χ1v) is 6.48. The van der Waals surface area contributed by atoms with Crippen molar-refractivity contribution in [2.75, 3.05) is 5.32 Å². The molecule has 2 aromatic rings. The zero-order chi connectivity index (χ0) is 11.4. The number of aromatic nitrogens is 2. The van der Waals surface area contributed by atoms with Crippen LogP contribution in [0.3, 0.4) is 0 Å². The van der Waals surface area contributed by atoms with E-state index in [1.807, 2.05) is 24.3 Å². The van der Waals surface area contributed by atoms with Crippen LogP contribution in [0.1, 0.15) is 16.1 Å². The van der Waals surface area contributed by atoms with Gasteiger partial charge in [-0.05, 0) is 29.2 Å². The van der Waals surface area contributed by atoms with Gasteiger partial charge in [-0.2, -0.15) is 0 Å². The van der Waals surface area contributed by atoms with Gasteiger partial charge in [0.15, 0.2) is 5.69 Å². The van der Waals surface area contributed by atoms with Crippen LogP contribution in [0.4, 0.5) is 5.69 Å². The van der Waals surface area contributed by atoms with Gasteiger partial charge >= 0.3 is 0 Å². The first-order valence-electron chi connectivity index (χ1n) is 4.53. The summed E-state index contributed by atoms with van der Waals surface area (Å²) in [7, 11) is 0. The lowest BCUT2D eigenvalue weighted by Gasteiger charge is -2.03. The van der Waals surface area contributed by atoms with Crippen molar-refractivity contribution < 1.29 is 4.79 Å². The van der Waals surface area contributed by atoms with Gasteiger partial charge in [0.25, 0.3) is 5.91 Å². The van der Waals surface area contributed by atoms with Gasteiger partial charge in [0.05, 0.1) is 0 Å². The van der Waals surface area contributed by atoms with Gasteiger partial charge in [-0.25, -0.2) is 0 Å². The summed E-state index contributed by atoms with van der Waals surface area (Å²) in [5.74, 6) is -0.236. The van der Waals surface area contributed by atoms with Crippen molar-refractivity contribution >= 4 is 39.1 Å². The first kappa shape index (κ1) is 11.2. The summed E-state index contributed by atoms with van der Waals surface area (Å²) >= 11 is 4.52. The molecule has 1 amide bonds. The summed E-state index contributed by atoms with van der Waals surface area (Å²) in [4.78, 5) is 11.6. The Kier molecular flexibility index (Phi) is 3.63. The van der Waals surface area contributed by atoms with E-state index in [2.05, 4.69) is 30.8 Å². The number of hydrogen-bond donors (Lipinski definition) is 1. The Morgan fingerprint density at radius 1 is 1.38 bits per heavy atom. The minimum Gasteiger partial charge on any atom is -0.321 e. The third-order valence-electron chi connectivity index (χ3n) is 1.96. The first-order chi connectivity index (χ1) is 7.79. The van der Waals surface area contributed by atoms with Gasteiger partial charge in [-0.1, -0.05) is 32.6 Å². The van der Waals surface area contributed by atoms with Crippen LogP contribution in [0.5, 0.6) is 0 Å². The van der Waals surface area contributed by atoms with Gasteiger partial charge in [0.2, 0.25) is 0 Å². The van der Waals surface area contributed by atoms with Crippen LogP contribution in [0, 0.1) is 0 Å². The molecule has 0 saturated carbocycles. The molecule has 6 heteroatoms. The van der Waals surface area contributed by atoms with Crippen LogP contribution >= 0.6 is 27.5 Å². The van der Waals surface area contributed by atoms with Crippen molar-refractivity contribution in [2.45, 2.75) is 5.33 Å². The molecule has 2 rings (SSSR count). The number of anilines is 1. The van der Waals surface area contributed by atoms with Crippen LogP contribution in [0.2, 0.25) is 0 Å². The molecule has 1 heterocycles. The van der Waals surface area contributed by atoms with E-state index < -0.39 is 0 Å². The Balaban J connectivity index is 2.06. The predicted molar refractivity (Wildman–Crippen MR) is 66.9 cm³/mol. The van der Waals surface area contributed by atoms with Gasteiger partial charge in [0.1, 0.15) is 0 Å². The summed E-state index contributed by atoms with van der Waals surface area (Å²) in [5.41, 5.74) is 2.26. The van der Waals surface area contributed by atoms with Crippen molar-refractivity contribution in [1.29, 1.82) is 0 Å². The SMILES string of the molecule is O=C(Nc1ccc(CBr)cc1)c1csnn1. The normalized spacial score (nSPS) is 10.1. The molecule has 0 aliphatic rings. The average molecular weight is 298 g/mol. The van der Waals surface area contributed by atoms with Crippen molar-refractivity contribution in [2.24, 2.45) is 0 Å². The van der Waals surface area contributed by atoms with Gasteiger partial charge in [0, 0.05) is 16.4 Å². The number of rotatable bonds is 3. The smallest absolute Gasteiger partial charge is 0.277 e. The second kappa shape index (κ2) is 5.18. The Morgan fingerprint density at radius 2 is 2.12 bits per heavy atom. The van der Waals surface area contributed by atoms with Crippen molar-refractivity contribution in [3.05, 3.63) is 40.9 Å². The molecule has 0 bridgehead atoms. The number of amides is 1. The van der Waals surface area contributed by atoms with Crippen LogP contribution in [0.15, 0.2) is 29.6 Å². The zero-order valence-corrected chi connectivity index (χ0v) is 10.6. The monoisotopic (exact) mass is 297 g/mol. The summed E-state index contributed by atoms with van der Waals surface area (Å²) < 4.78 is 3.64. The highest BCUT2D eigenvalue weighted by Crippen LogP contribution is 2.12. The molecule has 82 valence electrons. The number of hydrogen-bond acceptors (Lipinski definition) is 4. The second-order valence-electron chi connectivity index (χ2n) is 3.07. The molecule has 0 saturated heterocycles. The molecule has 0 aliphatic heterocycles. The highest BCUT2D eigenvalue weighted by Gasteiger charge is 2.08. The lowest BCUT2D eigenvalue weighted by molar-refractivity contribution is 0.102. The van der Waals surface area contributed by atoms with E-state index in [-0.39, 0.29) is 5.91 Å². The number of halogens is 1. The second-order valence-corrected chi connectivity index (χ2v) is 4.25. The van der Waals surface area contributed by atoms with Crippen LogP contribution in [-0.4, -0.2) is 15.5 Å². The van der Waals surface area contributed by atoms with E-state index in [1.54, 1.807) is 5.38 Å². The minimum absolute atomic E-state index is 0.236. The van der Waals surface area contributed by atoms with E-state index in [0.717, 1.165) is 28.1 Å². The average Bonchev–Trinajstić information content (AvgIpc) is 2.83. The molecule has 0 spiro atoms. The fourth-order valence-corrected chi connectivity index (χ4v) is 1.95. The molecule has 1 aromatic heterocycles. The van der Waals surface area contributed by atoms with Gasteiger partial charge < -0.3 is 5.32 Å². The highest BCUT2D eigenvalue weighted by molar-refractivity contribution is 9.08. The molecule has 0 fully saturated rings. The maximum absolute atomic E-state index is 11.6. The number of nitrogens with zero attached hydrogens (tertiary/aromatic N) is 2. The van der Waals surface area contributed by atoms with Crippen molar-refractivity contribution in [1.82, 2.24) is 9.59 Å². The minimum atomic E-state index is -0.236. The molecule has 0 radical (unpaired) electrons. The van der Waals surface area contributed by atoms with E-state index in [9.17, 15) is 4.79 Å². The number of carbonyl (C=O) groups is 1. The van der Waals surface area contributed by atoms with Crippen molar-refractivity contribution in [3.63, 3.8) is 0 Å². The summed E-state index contributed by atoms with van der Waals surface area (Å²) in [6.07, 6.45) is 0. The maximum Gasteiger partial charge on any atom is 0.277 e. The Bertz CT molecular complexity index is 469. The zero-order valence-electron chi connectivity index (χ0n) is 8.18. The Morgan fingerprint density at radius 3 is 2.69 bits per heavy atom. The lowest BCUT2D eigenvalue weighted by atomic mass is 10.2. The molecule has 0 atom stereocenters. The quantitative estimate of drug-likeness (QED) is 0.886. The molecule has 0 aliphatic carbocycles. The van der Waals surface area contributed by atoms with Crippen LogP contribution in [0.25, 0.3) is 0 Å². The molecular formula is C10H8BrN3OS. The molecular weight excluding hydrogens is 290 g/mol. The van der Waals surface area contributed by atoms with E-state index in [4.69, 9.17) is 0 Å². The molecule has 1 aromatic carbocycles. The third-order valence-corrected chi connectivity index (χ3v) is 3.11. The Hall–Kier alpha value is -1.27. The number of nitrogens with one attached hydrogen (secondary N) is 1. The lowest BCUT2D eigenvalue weighted by Crippen LogP contribution is -2.12. The molecule has 4 nitrogen and oxygen atoms in total. The summed E-state index contributed by atoms with van der Waals surface area (Å²) in [6.45, 7) is 0. The van der Waals surface area contributed by atoms with Gasteiger partial charge in [-0.15, -0.1) is 5.10 Å². The Labute approximate surface area is 105 Å². The van der Waals surface area contributed by atoms with E-state index in [0.29, 0.717) is 5.69 Å². The number of carbonyl (C=O) groups excluding carboxylic acids is 1. The van der Waals surface area contributed by atoms with Crippen LogP contribution in [-0.2, 0) is 5.33 Å². The largest absolute Gasteiger partial charge is 0.321 e. The fraction of sp³-hybridized carbons (Fsp3) is 0.100. The summed E-state index contributed by atoms with van der Waals surface area (Å²) in [5, 5.41) is 8.86. The fourth-order valence-electron chi connectivity index (χ4n) is 1.14. The molecule has 1 N–H and O–H groups in total. The standard InChI is InChI=1S/C10H8BrN3OS/c11-5-7-1-3-8(4-2-7)12-10(15)9-6-16-14-13-9/h1-4,6H,5H2,(H,12,15). The van der Waals surface area contributed by atoms with E-state index in [1.165, 1.54) is 0 Å². The van der Waals surface area contributed by atoms with Crippen molar-refractivity contribution in [3.8, 4) is 0 Å². The number of alkyl halides is 1.